The Morgan fingerprint density at radius 2 is 2.25 bits per heavy atom. The minimum Gasteiger partial charge on any atom is -0.394 e. The summed E-state index contributed by atoms with van der Waals surface area (Å²) in [7, 11) is 0. The van der Waals surface area contributed by atoms with Crippen molar-refractivity contribution in [1.82, 2.24) is 15.0 Å². The Morgan fingerprint density at radius 3 is 2.88 bits per heavy atom. The molecule has 1 aliphatic heterocycles. The summed E-state index contributed by atoms with van der Waals surface area (Å²) >= 11 is 6.70. The van der Waals surface area contributed by atoms with Gasteiger partial charge in [-0.1, -0.05) is 17.0 Å². The highest BCUT2D eigenvalue weighted by Gasteiger charge is 2.46. The lowest BCUT2D eigenvalue weighted by molar-refractivity contribution is -0.280. The number of nitrogens with one attached hydrogen (secondary N) is 1. The molecule has 0 saturated carbocycles. The highest BCUT2D eigenvalue weighted by molar-refractivity contribution is 8.13. The van der Waals surface area contributed by atoms with Crippen molar-refractivity contribution in [3.05, 3.63) is 11.9 Å². The average molecular weight is 382 g/mol. The Morgan fingerprint density at radius 1 is 1.50 bits per heavy atom. The van der Waals surface area contributed by atoms with Crippen LogP contribution in [-0.2, 0) is 15.2 Å². The van der Waals surface area contributed by atoms with Crippen LogP contribution >= 0.6 is 23.4 Å². The van der Waals surface area contributed by atoms with E-state index in [0.717, 1.165) is 11.8 Å². The first-order valence-electron chi connectivity index (χ1n) is 7.15. The number of hydrogen-bond acceptors (Lipinski definition) is 9. The molecular formula is C12H20ClN5O5S. The first-order chi connectivity index (χ1) is 11.5. The van der Waals surface area contributed by atoms with Crippen molar-refractivity contribution in [3.63, 3.8) is 0 Å². The molecule has 24 heavy (non-hydrogen) atoms. The van der Waals surface area contributed by atoms with Gasteiger partial charge in [0.1, 0.15) is 24.4 Å². The topological polar surface area (TPSA) is 160 Å². The second kappa shape index (κ2) is 8.94. The number of aromatic nitrogens is 3. The van der Waals surface area contributed by atoms with E-state index in [1.807, 2.05) is 0 Å². The highest BCUT2D eigenvalue weighted by Crippen LogP contribution is 2.30. The minimum absolute atomic E-state index is 0.0462. The van der Waals surface area contributed by atoms with Crippen LogP contribution < -0.4 is 5.73 Å². The van der Waals surface area contributed by atoms with E-state index in [1.54, 1.807) is 6.20 Å². The number of nitrogens with two attached hydrogens (primary N) is 1. The van der Waals surface area contributed by atoms with E-state index in [2.05, 4.69) is 10.3 Å². The van der Waals surface area contributed by atoms with Crippen LogP contribution in [0.1, 0.15) is 11.7 Å². The van der Waals surface area contributed by atoms with Crippen LogP contribution in [0.4, 0.5) is 0 Å². The maximum atomic E-state index is 10.4. The third kappa shape index (κ3) is 4.57. The second-order valence-corrected chi connectivity index (χ2v) is 6.50. The van der Waals surface area contributed by atoms with E-state index in [-0.39, 0.29) is 17.7 Å². The van der Waals surface area contributed by atoms with Gasteiger partial charge < -0.3 is 30.5 Å². The highest BCUT2D eigenvalue weighted by atomic mass is 35.5. The molecule has 1 aliphatic rings. The number of amidine groups is 1. The summed E-state index contributed by atoms with van der Waals surface area (Å²) in [6, 6.07) is -0.866. The van der Waals surface area contributed by atoms with Crippen molar-refractivity contribution in [2.45, 2.75) is 36.4 Å². The molecule has 10 nitrogen and oxygen atoms in total. The van der Waals surface area contributed by atoms with Gasteiger partial charge in [0.05, 0.1) is 18.9 Å². The molecule has 0 radical (unpaired) electrons. The smallest absolute Gasteiger partial charge is 0.183 e. The lowest BCUT2D eigenvalue weighted by Crippen LogP contribution is -2.57. The average Bonchev–Trinajstić information content (AvgIpc) is 3.02. The molecule has 136 valence electrons. The van der Waals surface area contributed by atoms with Gasteiger partial charge in [-0.25, -0.2) is 4.68 Å². The van der Waals surface area contributed by atoms with Crippen LogP contribution in [-0.4, -0.2) is 79.2 Å². The van der Waals surface area contributed by atoms with Crippen molar-refractivity contribution in [2.24, 2.45) is 5.73 Å². The maximum absolute atomic E-state index is 10.4. The van der Waals surface area contributed by atoms with Crippen LogP contribution in [0.15, 0.2) is 6.20 Å². The summed E-state index contributed by atoms with van der Waals surface area (Å²) in [5.41, 5.74) is 5.82. The molecule has 6 N–H and O–H groups in total. The lowest BCUT2D eigenvalue weighted by Gasteiger charge is -2.41. The number of alkyl halides is 1. The largest absolute Gasteiger partial charge is 0.394 e. The fourth-order valence-electron chi connectivity index (χ4n) is 2.32. The van der Waals surface area contributed by atoms with Crippen molar-refractivity contribution < 1.29 is 24.8 Å². The molecule has 0 aliphatic carbocycles. The number of ether oxygens (including phenoxy) is 2. The van der Waals surface area contributed by atoms with E-state index in [1.165, 1.54) is 4.68 Å². The Balaban J connectivity index is 2.18. The molecular weight excluding hydrogens is 362 g/mol. The van der Waals surface area contributed by atoms with Crippen molar-refractivity contribution in [1.29, 1.82) is 5.41 Å². The second-order valence-electron chi connectivity index (χ2n) is 5.10. The molecule has 2 rings (SSSR count). The van der Waals surface area contributed by atoms with Crippen LogP contribution in [0.2, 0.25) is 0 Å². The number of nitrogens with zero attached hydrogens (tertiary/aromatic N) is 3. The quantitative estimate of drug-likeness (QED) is 0.218. The van der Waals surface area contributed by atoms with Crippen LogP contribution in [0, 0.1) is 5.41 Å². The summed E-state index contributed by atoms with van der Waals surface area (Å²) in [6.45, 7) is -0.311. The number of halogens is 1. The Hall–Kier alpha value is -0.950. The van der Waals surface area contributed by atoms with E-state index < -0.39 is 37.3 Å². The predicted molar refractivity (Wildman–Crippen MR) is 86.7 cm³/mol. The van der Waals surface area contributed by atoms with Crippen LogP contribution in [0.25, 0.3) is 0 Å². The summed E-state index contributed by atoms with van der Waals surface area (Å²) in [5, 5.41) is 44.7. The minimum atomic E-state index is -1.31. The zero-order chi connectivity index (χ0) is 17.7. The Labute approximate surface area is 147 Å². The first kappa shape index (κ1) is 19.4. The Kier molecular flexibility index (Phi) is 7.22. The monoisotopic (exact) mass is 381 g/mol. The number of hydrogen-bond donors (Lipinski definition) is 5. The normalized spacial score (nSPS) is 30.4. The van der Waals surface area contributed by atoms with Gasteiger partial charge in [0.2, 0.25) is 0 Å². The first-order valence-corrected chi connectivity index (χ1v) is 8.67. The third-order valence-corrected chi connectivity index (χ3v) is 4.35. The van der Waals surface area contributed by atoms with E-state index >= 15 is 0 Å². The van der Waals surface area contributed by atoms with Gasteiger partial charge in [0.15, 0.2) is 11.5 Å². The molecule has 2 unspecified atom stereocenters. The van der Waals surface area contributed by atoms with Gasteiger partial charge in [-0.05, 0) is 0 Å². The molecule has 2 heterocycles. The molecule has 1 aromatic heterocycles. The van der Waals surface area contributed by atoms with Crippen molar-refractivity contribution in [3.8, 4) is 0 Å². The van der Waals surface area contributed by atoms with Gasteiger partial charge >= 0.3 is 0 Å². The molecule has 1 saturated heterocycles. The van der Waals surface area contributed by atoms with Crippen LogP contribution in [0.3, 0.4) is 0 Å². The summed E-state index contributed by atoms with van der Waals surface area (Å²) in [5.74, 6) is 0.556. The van der Waals surface area contributed by atoms with Gasteiger partial charge in [-0.15, -0.1) is 16.7 Å². The lowest BCUT2D eigenvalue weighted by atomic mass is 9.97. The molecule has 5 atom stereocenters. The van der Waals surface area contributed by atoms with Gasteiger partial charge in [0.25, 0.3) is 0 Å². The molecule has 0 amide bonds. The molecule has 0 bridgehead atoms. The zero-order valence-electron chi connectivity index (χ0n) is 12.7. The van der Waals surface area contributed by atoms with Gasteiger partial charge in [-0.3, -0.25) is 5.41 Å². The standard InChI is InChI=1S/C12H20ClN5O5S/c13-1-2-22-11-8(10(21)9(20)7(4-19)23-11)18-3-6(16-17-18)5-24-12(14)15/h3,7-11,19-21H,1-2,4-5H2,(H3,14,15)/t7?,8?,9-,10-,11+/m1/s1. The number of aliphatic hydroxyl groups excluding tert-OH is 3. The number of thioether (sulfide) groups is 1. The molecule has 0 aromatic carbocycles. The summed E-state index contributed by atoms with van der Waals surface area (Å²) in [6.07, 6.45) is -2.99. The fourth-order valence-corrected chi connectivity index (χ4v) is 2.85. The SMILES string of the molecule is N=C(N)SCc1cn(C2[C@@H](OCCCl)OC(CO)[C@@H](O)[C@@H]2O)nn1. The van der Waals surface area contributed by atoms with E-state index in [0.29, 0.717) is 11.4 Å². The summed E-state index contributed by atoms with van der Waals surface area (Å²) in [4.78, 5) is 0. The van der Waals surface area contributed by atoms with E-state index in [9.17, 15) is 15.3 Å². The predicted octanol–water partition coefficient (Wildman–Crippen LogP) is -1.36. The van der Waals surface area contributed by atoms with Gasteiger partial charge in [-0.2, -0.15) is 0 Å². The Bertz CT molecular complexity index is 550. The third-order valence-electron chi connectivity index (χ3n) is 3.45. The molecule has 12 heteroatoms. The molecule has 1 fully saturated rings. The number of rotatable bonds is 7. The van der Waals surface area contributed by atoms with Crippen molar-refractivity contribution >= 4 is 28.5 Å². The maximum Gasteiger partial charge on any atom is 0.183 e. The molecule has 0 spiro atoms. The zero-order valence-corrected chi connectivity index (χ0v) is 14.2. The summed E-state index contributed by atoms with van der Waals surface area (Å²) < 4.78 is 12.3. The number of aliphatic hydroxyl groups is 3. The van der Waals surface area contributed by atoms with E-state index in [4.69, 9.17) is 32.2 Å². The van der Waals surface area contributed by atoms with Gasteiger partial charge in [0, 0.05) is 17.8 Å². The molecule has 1 aromatic rings. The fraction of sp³-hybridized carbons (Fsp3) is 0.750. The van der Waals surface area contributed by atoms with Crippen molar-refractivity contribution in [2.75, 3.05) is 19.1 Å². The van der Waals surface area contributed by atoms with Crippen LogP contribution in [0.5, 0.6) is 0 Å².